The van der Waals surface area contributed by atoms with Crippen LogP contribution in [0.2, 0.25) is 0 Å². The maximum Gasteiger partial charge on any atom is 0.343 e. The fourth-order valence-corrected chi connectivity index (χ4v) is 4.60. The molecule has 188 valence electrons. The smallest absolute Gasteiger partial charge is 0.343 e. The lowest BCUT2D eigenvalue weighted by molar-refractivity contribution is 0.0598. The molecule has 0 saturated carbocycles. The highest BCUT2D eigenvalue weighted by atomic mass is 16.5. The highest BCUT2D eigenvalue weighted by Crippen LogP contribution is 2.31. The molecule has 0 saturated heterocycles. The predicted molar refractivity (Wildman–Crippen MR) is 138 cm³/mol. The molecule has 36 heavy (non-hydrogen) atoms. The SMILES string of the molecule is CCc1cc(C(=O)OC)c(=O)n(Cc2ccc(OC)cc2OC)c1-c1ccc2c(c1)cc(CO)n2C. The zero-order valence-electron chi connectivity index (χ0n) is 21.1. The second-order valence-corrected chi connectivity index (χ2v) is 8.47. The minimum atomic E-state index is -0.678. The van der Waals surface area contributed by atoms with Crippen molar-refractivity contribution in [2.24, 2.45) is 7.05 Å². The van der Waals surface area contributed by atoms with Gasteiger partial charge in [-0.2, -0.15) is 0 Å². The monoisotopic (exact) mass is 490 g/mol. The van der Waals surface area contributed by atoms with Crippen molar-refractivity contribution in [3.8, 4) is 22.8 Å². The summed E-state index contributed by atoms with van der Waals surface area (Å²) >= 11 is 0. The zero-order valence-corrected chi connectivity index (χ0v) is 21.1. The molecule has 0 aliphatic heterocycles. The largest absolute Gasteiger partial charge is 0.497 e. The summed E-state index contributed by atoms with van der Waals surface area (Å²) in [5.41, 5.74) is 4.43. The number of carbonyl (C=O) groups excluding carboxylic acids is 1. The number of hydrogen-bond acceptors (Lipinski definition) is 6. The summed E-state index contributed by atoms with van der Waals surface area (Å²) < 4.78 is 19.3. The van der Waals surface area contributed by atoms with Gasteiger partial charge in [-0.3, -0.25) is 4.79 Å². The third-order valence-corrected chi connectivity index (χ3v) is 6.55. The maximum absolute atomic E-state index is 13.7. The molecule has 2 aromatic heterocycles. The van der Waals surface area contributed by atoms with Gasteiger partial charge in [0.15, 0.2) is 0 Å². The molecule has 0 unspecified atom stereocenters. The van der Waals surface area contributed by atoms with Crippen LogP contribution in [-0.4, -0.2) is 41.5 Å². The molecule has 0 bridgehead atoms. The number of aryl methyl sites for hydroxylation is 2. The summed E-state index contributed by atoms with van der Waals surface area (Å²) in [6.07, 6.45) is 0.591. The first-order chi connectivity index (χ1) is 17.4. The molecule has 0 radical (unpaired) electrons. The number of esters is 1. The molecular weight excluding hydrogens is 460 g/mol. The van der Waals surface area contributed by atoms with E-state index in [9.17, 15) is 14.7 Å². The Hall–Kier alpha value is -4.04. The van der Waals surface area contributed by atoms with Crippen LogP contribution in [0.1, 0.15) is 34.1 Å². The highest BCUT2D eigenvalue weighted by molar-refractivity contribution is 5.91. The zero-order chi connectivity index (χ0) is 26.0. The van der Waals surface area contributed by atoms with Crippen LogP contribution in [0.15, 0.2) is 53.3 Å². The minimum Gasteiger partial charge on any atom is -0.497 e. The average molecular weight is 491 g/mol. The Balaban J connectivity index is 1.99. The summed E-state index contributed by atoms with van der Waals surface area (Å²) in [5, 5.41) is 10.6. The third kappa shape index (κ3) is 4.35. The highest BCUT2D eigenvalue weighted by Gasteiger charge is 2.22. The van der Waals surface area contributed by atoms with E-state index in [0.29, 0.717) is 23.6 Å². The quantitative estimate of drug-likeness (QED) is 0.377. The van der Waals surface area contributed by atoms with Crippen molar-refractivity contribution < 1.29 is 24.1 Å². The van der Waals surface area contributed by atoms with E-state index in [1.807, 2.05) is 48.9 Å². The fourth-order valence-electron chi connectivity index (χ4n) is 4.60. The van der Waals surface area contributed by atoms with Gasteiger partial charge < -0.3 is 28.5 Å². The van der Waals surface area contributed by atoms with Gasteiger partial charge in [0.2, 0.25) is 0 Å². The number of aliphatic hydroxyl groups excluding tert-OH is 1. The summed E-state index contributed by atoms with van der Waals surface area (Å²) in [6.45, 7) is 2.08. The van der Waals surface area contributed by atoms with Crippen LogP contribution in [0, 0.1) is 0 Å². The van der Waals surface area contributed by atoms with Gasteiger partial charge in [0.05, 0.1) is 40.2 Å². The van der Waals surface area contributed by atoms with E-state index in [1.54, 1.807) is 37.0 Å². The topological polar surface area (TPSA) is 91.9 Å². The summed E-state index contributed by atoms with van der Waals surface area (Å²) in [4.78, 5) is 26.2. The summed E-state index contributed by atoms with van der Waals surface area (Å²) in [7, 11) is 6.31. The van der Waals surface area contributed by atoms with E-state index in [1.165, 1.54) is 7.11 Å². The Morgan fingerprint density at radius 3 is 2.39 bits per heavy atom. The molecule has 0 spiro atoms. The number of methoxy groups -OCH3 is 3. The van der Waals surface area contributed by atoms with Crippen molar-refractivity contribution in [3.63, 3.8) is 0 Å². The number of carbonyl (C=O) groups is 1. The predicted octanol–water partition coefficient (Wildman–Crippen LogP) is 3.91. The average Bonchev–Trinajstić information content (AvgIpc) is 3.23. The van der Waals surface area contributed by atoms with E-state index in [-0.39, 0.29) is 18.7 Å². The molecule has 4 rings (SSSR count). The number of benzene rings is 2. The van der Waals surface area contributed by atoms with E-state index in [4.69, 9.17) is 14.2 Å². The molecule has 0 atom stereocenters. The fraction of sp³-hybridized carbons (Fsp3) is 0.286. The molecule has 8 nitrogen and oxygen atoms in total. The number of rotatable bonds is 8. The summed E-state index contributed by atoms with van der Waals surface area (Å²) in [6, 6.07) is 14.9. The van der Waals surface area contributed by atoms with Crippen molar-refractivity contribution in [2.45, 2.75) is 26.5 Å². The number of hydrogen-bond donors (Lipinski definition) is 1. The van der Waals surface area contributed by atoms with Gasteiger partial charge in [-0.05, 0) is 53.9 Å². The van der Waals surface area contributed by atoms with Crippen molar-refractivity contribution >= 4 is 16.9 Å². The molecule has 1 N–H and O–H groups in total. The van der Waals surface area contributed by atoms with Gasteiger partial charge in [-0.25, -0.2) is 4.79 Å². The Kier molecular flexibility index (Phi) is 7.17. The maximum atomic E-state index is 13.7. The van der Waals surface area contributed by atoms with Crippen molar-refractivity contribution in [1.29, 1.82) is 0 Å². The Morgan fingerprint density at radius 2 is 1.75 bits per heavy atom. The lowest BCUT2D eigenvalue weighted by atomic mass is 9.99. The normalized spacial score (nSPS) is 11.1. The third-order valence-electron chi connectivity index (χ3n) is 6.55. The van der Waals surface area contributed by atoms with Crippen molar-refractivity contribution in [1.82, 2.24) is 9.13 Å². The van der Waals surface area contributed by atoms with Gasteiger partial charge in [-0.15, -0.1) is 0 Å². The Labute approximate surface area is 209 Å². The standard InChI is InChI=1S/C28H30N2O6/c1-6-17-13-23(28(33)36-5)27(32)30(15-19-7-9-22(34-3)14-25(19)35-4)26(17)18-8-10-24-20(11-18)12-21(16-31)29(24)2/h7-14,31H,6,15-16H2,1-5H3. The second kappa shape index (κ2) is 10.3. The molecule has 0 aliphatic rings. The van der Waals surface area contributed by atoms with Crippen LogP contribution in [0.4, 0.5) is 0 Å². The lowest BCUT2D eigenvalue weighted by Crippen LogP contribution is -2.30. The van der Waals surface area contributed by atoms with Gasteiger partial charge >= 0.3 is 5.97 Å². The van der Waals surface area contributed by atoms with E-state index in [2.05, 4.69) is 0 Å². The first-order valence-electron chi connectivity index (χ1n) is 11.6. The second-order valence-electron chi connectivity index (χ2n) is 8.47. The van der Waals surface area contributed by atoms with E-state index in [0.717, 1.165) is 33.3 Å². The van der Waals surface area contributed by atoms with Crippen LogP contribution >= 0.6 is 0 Å². The summed E-state index contributed by atoms with van der Waals surface area (Å²) in [5.74, 6) is 0.526. The Morgan fingerprint density at radius 1 is 0.972 bits per heavy atom. The molecule has 2 aromatic carbocycles. The van der Waals surface area contributed by atoms with Crippen LogP contribution in [0.5, 0.6) is 11.5 Å². The van der Waals surface area contributed by atoms with Crippen LogP contribution < -0.4 is 15.0 Å². The number of aliphatic hydroxyl groups is 1. The minimum absolute atomic E-state index is 0.0195. The number of fused-ring (bicyclic) bond motifs is 1. The van der Waals surface area contributed by atoms with Crippen LogP contribution in [-0.2, 0) is 31.4 Å². The lowest BCUT2D eigenvalue weighted by Gasteiger charge is -2.20. The van der Waals surface area contributed by atoms with Crippen LogP contribution in [0.25, 0.3) is 22.2 Å². The molecule has 0 amide bonds. The van der Waals surface area contributed by atoms with Crippen LogP contribution in [0.3, 0.4) is 0 Å². The number of ether oxygens (including phenoxy) is 3. The van der Waals surface area contributed by atoms with Gasteiger partial charge in [-0.1, -0.05) is 13.0 Å². The van der Waals surface area contributed by atoms with Gasteiger partial charge in [0, 0.05) is 35.3 Å². The Bertz CT molecular complexity index is 1500. The molecule has 8 heteroatoms. The molecule has 0 aliphatic carbocycles. The van der Waals surface area contributed by atoms with Crippen molar-refractivity contribution in [2.75, 3.05) is 21.3 Å². The first-order valence-corrected chi connectivity index (χ1v) is 11.6. The first kappa shape index (κ1) is 25.1. The van der Waals surface area contributed by atoms with E-state index >= 15 is 0 Å². The van der Waals surface area contributed by atoms with Gasteiger partial charge in [0.1, 0.15) is 17.1 Å². The van der Waals surface area contributed by atoms with E-state index < -0.39 is 11.5 Å². The molecule has 0 fully saturated rings. The number of pyridine rings is 1. The molecule has 4 aromatic rings. The molecular formula is C28H30N2O6. The number of aromatic nitrogens is 2. The van der Waals surface area contributed by atoms with Gasteiger partial charge in [0.25, 0.3) is 5.56 Å². The van der Waals surface area contributed by atoms with Crippen molar-refractivity contribution in [3.05, 3.63) is 81.3 Å². The number of nitrogens with zero attached hydrogens (tertiary/aromatic N) is 2. The molecule has 2 heterocycles.